The number of nitrogens with two attached hydrogens (primary N) is 1. The number of carbonyl (C=O) groups is 2. The van der Waals surface area contributed by atoms with Gasteiger partial charge >= 0.3 is 12.1 Å². The molecule has 0 bridgehead atoms. The summed E-state index contributed by atoms with van der Waals surface area (Å²) >= 11 is 0. The van der Waals surface area contributed by atoms with Gasteiger partial charge in [-0.1, -0.05) is 0 Å². The Hall–Kier alpha value is -3.10. The summed E-state index contributed by atoms with van der Waals surface area (Å²) < 4.78 is 36.9. The quantitative estimate of drug-likeness (QED) is 0.675. The number of H-pyrrole nitrogens is 1. The number of fused-ring (bicyclic) bond motifs is 3. The summed E-state index contributed by atoms with van der Waals surface area (Å²) in [5.74, 6) is -2.79. The second-order valence-corrected chi connectivity index (χ2v) is 4.78. The highest BCUT2D eigenvalue weighted by atomic mass is 19.4. The Morgan fingerprint density at radius 1 is 1.17 bits per heavy atom. The minimum atomic E-state index is -4.97. The molecule has 2 amide bonds. The maximum Gasteiger partial charge on any atom is 0.471 e. The van der Waals surface area contributed by atoms with Crippen LogP contribution in [0, 0.1) is 0 Å². The summed E-state index contributed by atoms with van der Waals surface area (Å²) in [6.07, 6.45) is -3.60. The third kappa shape index (κ3) is 2.56. The summed E-state index contributed by atoms with van der Waals surface area (Å²) in [7, 11) is 0. The molecule has 0 aliphatic heterocycles. The topological polar surface area (TPSA) is 101 Å². The van der Waals surface area contributed by atoms with Crippen LogP contribution in [0.5, 0.6) is 0 Å². The van der Waals surface area contributed by atoms with E-state index in [-0.39, 0.29) is 11.4 Å². The van der Waals surface area contributed by atoms with Crippen molar-refractivity contribution in [2.75, 3.05) is 5.32 Å². The van der Waals surface area contributed by atoms with E-state index in [4.69, 9.17) is 5.73 Å². The highest BCUT2D eigenvalue weighted by Gasteiger charge is 2.38. The predicted octanol–water partition coefficient (Wildman–Crippen LogP) is 2.32. The van der Waals surface area contributed by atoms with E-state index in [9.17, 15) is 22.8 Å². The molecule has 1 aromatic carbocycles. The number of halogens is 3. The van der Waals surface area contributed by atoms with Gasteiger partial charge in [-0.2, -0.15) is 13.2 Å². The first-order chi connectivity index (χ1) is 10.8. The van der Waals surface area contributed by atoms with Crippen LogP contribution in [0.3, 0.4) is 0 Å². The largest absolute Gasteiger partial charge is 0.471 e. The molecule has 0 saturated carbocycles. The lowest BCUT2D eigenvalue weighted by Crippen LogP contribution is -2.29. The van der Waals surface area contributed by atoms with Crippen LogP contribution in [0.15, 0.2) is 30.5 Å². The van der Waals surface area contributed by atoms with Crippen LogP contribution in [0.4, 0.5) is 18.9 Å². The summed E-state index contributed by atoms with van der Waals surface area (Å²) in [6.45, 7) is 0. The first-order valence-electron chi connectivity index (χ1n) is 6.36. The molecule has 23 heavy (non-hydrogen) atoms. The van der Waals surface area contributed by atoms with Crippen molar-refractivity contribution in [3.63, 3.8) is 0 Å². The van der Waals surface area contributed by atoms with Crippen molar-refractivity contribution in [1.82, 2.24) is 9.97 Å². The van der Waals surface area contributed by atoms with Crippen LogP contribution in [0.25, 0.3) is 21.8 Å². The van der Waals surface area contributed by atoms with Gasteiger partial charge in [0.05, 0.1) is 5.52 Å². The highest BCUT2D eigenvalue weighted by molar-refractivity contribution is 6.14. The van der Waals surface area contributed by atoms with Crippen molar-refractivity contribution in [1.29, 1.82) is 0 Å². The molecule has 4 N–H and O–H groups in total. The van der Waals surface area contributed by atoms with E-state index in [2.05, 4.69) is 9.97 Å². The Morgan fingerprint density at radius 2 is 1.91 bits per heavy atom. The van der Waals surface area contributed by atoms with Crippen LogP contribution in [-0.2, 0) is 4.79 Å². The van der Waals surface area contributed by atoms with Gasteiger partial charge < -0.3 is 16.0 Å². The van der Waals surface area contributed by atoms with Gasteiger partial charge in [0.15, 0.2) is 5.69 Å². The van der Waals surface area contributed by atoms with Gasteiger partial charge in [0, 0.05) is 28.2 Å². The van der Waals surface area contributed by atoms with Gasteiger partial charge in [-0.05, 0) is 24.3 Å². The fourth-order valence-corrected chi connectivity index (χ4v) is 2.29. The number of aromatic amines is 1. The first-order valence-corrected chi connectivity index (χ1v) is 6.36. The second kappa shape index (κ2) is 4.97. The number of nitrogens with zero attached hydrogens (tertiary/aromatic N) is 1. The van der Waals surface area contributed by atoms with Crippen molar-refractivity contribution in [2.24, 2.45) is 5.73 Å². The molecule has 0 radical (unpaired) electrons. The summed E-state index contributed by atoms with van der Waals surface area (Å²) in [5.41, 5.74) is 6.21. The zero-order valence-corrected chi connectivity index (χ0v) is 11.4. The lowest BCUT2D eigenvalue weighted by atomic mass is 10.1. The van der Waals surface area contributed by atoms with E-state index >= 15 is 0 Å². The molecule has 0 spiro atoms. The predicted molar refractivity (Wildman–Crippen MR) is 76.8 cm³/mol. The van der Waals surface area contributed by atoms with Gasteiger partial charge in [0.1, 0.15) is 0 Å². The van der Waals surface area contributed by atoms with Gasteiger partial charge in [-0.3, -0.25) is 9.59 Å². The van der Waals surface area contributed by atoms with E-state index in [1.54, 1.807) is 11.4 Å². The third-order valence-electron chi connectivity index (χ3n) is 3.27. The van der Waals surface area contributed by atoms with Gasteiger partial charge in [-0.15, -0.1) is 0 Å². The molecule has 0 atom stereocenters. The Bertz CT molecular complexity index is 946. The van der Waals surface area contributed by atoms with Gasteiger partial charge in [-0.25, -0.2) is 4.98 Å². The number of pyridine rings is 1. The fourth-order valence-electron chi connectivity index (χ4n) is 2.29. The number of benzene rings is 1. The molecule has 2 aromatic heterocycles. The SMILES string of the molecule is NC(=O)c1nccc2c1[nH]c1ccc(NC(=O)C(F)(F)F)cc12. The average Bonchev–Trinajstić information content (AvgIpc) is 2.84. The number of hydrogen-bond donors (Lipinski definition) is 3. The normalized spacial score (nSPS) is 11.8. The molecule has 0 aliphatic carbocycles. The number of aromatic nitrogens is 2. The van der Waals surface area contributed by atoms with Gasteiger partial charge in [0.25, 0.3) is 5.91 Å². The first kappa shape index (κ1) is 14.8. The molecule has 0 fully saturated rings. The number of anilines is 1. The molecule has 2 heterocycles. The fraction of sp³-hybridized carbons (Fsp3) is 0.0714. The number of hydrogen-bond acceptors (Lipinski definition) is 3. The number of alkyl halides is 3. The molecule has 3 aromatic rings. The summed E-state index contributed by atoms with van der Waals surface area (Å²) in [5, 5.41) is 2.88. The van der Waals surface area contributed by atoms with E-state index in [1.165, 1.54) is 24.4 Å². The van der Waals surface area contributed by atoms with Crippen LogP contribution in [0.1, 0.15) is 10.5 Å². The number of carbonyl (C=O) groups excluding carboxylic acids is 2. The summed E-state index contributed by atoms with van der Waals surface area (Å²) in [4.78, 5) is 29.2. The summed E-state index contributed by atoms with van der Waals surface area (Å²) in [6, 6.07) is 5.78. The molecule has 9 heteroatoms. The zero-order chi connectivity index (χ0) is 16.8. The molecule has 0 unspecified atom stereocenters. The zero-order valence-electron chi connectivity index (χ0n) is 11.4. The molecule has 3 rings (SSSR count). The van der Waals surface area contributed by atoms with Crippen LogP contribution in [0.2, 0.25) is 0 Å². The Labute approximate surface area is 126 Å². The lowest BCUT2D eigenvalue weighted by molar-refractivity contribution is -0.167. The van der Waals surface area contributed by atoms with Crippen molar-refractivity contribution in [3.8, 4) is 0 Å². The number of rotatable bonds is 2. The molecule has 118 valence electrons. The Balaban J connectivity index is 2.13. The molecular formula is C14H9F3N4O2. The standard InChI is InChI=1S/C14H9F3N4O2/c15-14(16,17)13(23)20-6-1-2-9-8(5-6)7-3-4-19-11(12(18)22)10(7)21-9/h1-5,21H,(H2,18,22)(H,20,23). The number of nitrogens with one attached hydrogen (secondary N) is 2. The molecule has 0 saturated heterocycles. The minimum absolute atomic E-state index is 0.0156. The Morgan fingerprint density at radius 3 is 2.57 bits per heavy atom. The Kier molecular flexibility index (Phi) is 3.20. The van der Waals surface area contributed by atoms with Crippen molar-refractivity contribution < 1.29 is 22.8 Å². The van der Waals surface area contributed by atoms with Crippen LogP contribution in [-0.4, -0.2) is 28.0 Å². The molecular weight excluding hydrogens is 313 g/mol. The van der Waals surface area contributed by atoms with E-state index < -0.39 is 18.0 Å². The van der Waals surface area contributed by atoms with Gasteiger partial charge in [0.2, 0.25) is 0 Å². The smallest absolute Gasteiger partial charge is 0.364 e. The van der Waals surface area contributed by atoms with Crippen LogP contribution >= 0.6 is 0 Å². The monoisotopic (exact) mass is 322 g/mol. The maximum atomic E-state index is 12.3. The number of amides is 2. The second-order valence-electron chi connectivity index (χ2n) is 4.78. The van der Waals surface area contributed by atoms with Crippen molar-refractivity contribution >= 4 is 39.3 Å². The maximum absolute atomic E-state index is 12.3. The number of primary amides is 1. The lowest BCUT2D eigenvalue weighted by Gasteiger charge is -2.07. The third-order valence-corrected chi connectivity index (χ3v) is 3.27. The van der Waals surface area contributed by atoms with Crippen molar-refractivity contribution in [3.05, 3.63) is 36.2 Å². The van der Waals surface area contributed by atoms with E-state index in [1.807, 2.05) is 0 Å². The van der Waals surface area contributed by atoms with E-state index in [0.29, 0.717) is 21.8 Å². The molecule has 0 aliphatic rings. The van der Waals surface area contributed by atoms with Crippen molar-refractivity contribution in [2.45, 2.75) is 6.18 Å². The van der Waals surface area contributed by atoms with E-state index in [0.717, 1.165) is 0 Å². The molecule has 6 nitrogen and oxygen atoms in total. The average molecular weight is 322 g/mol. The minimum Gasteiger partial charge on any atom is -0.364 e. The van der Waals surface area contributed by atoms with Crippen LogP contribution < -0.4 is 11.1 Å². The highest BCUT2D eigenvalue weighted by Crippen LogP contribution is 2.29.